The SMILES string of the molecule is CC1CN(c2cc(=O)n(C)c3ccc(C#N)nc23)[C@@H](C)CN1C(c1ccc(F)cc1)c1ccc(F)cc1. The summed E-state index contributed by atoms with van der Waals surface area (Å²) in [7, 11) is 1.70. The summed E-state index contributed by atoms with van der Waals surface area (Å²) in [5, 5.41) is 9.41. The van der Waals surface area contributed by atoms with Crippen LogP contribution in [0.25, 0.3) is 11.0 Å². The smallest absolute Gasteiger partial charge is 0.252 e. The van der Waals surface area contributed by atoms with Gasteiger partial charge in [-0.25, -0.2) is 13.8 Å². The molecule has 6 nitrogen and oxygen atoms in total. The Labute approximate surface area is 214 Å². The number of pyridine rings is 2. The number of nitrogens with zero attached hydrogens (tertiary/aromatic N) is 5. The van der Waals surface area contributed by atoms with Gasteiger partial charge in [-0.05, 0) is 61.4 Å². The molecule has 188 valence electrons. The maximum Gasteiger partial charge on any atom is 0.252 e. The van der Waals surface area contributed by atoms with E-state index in [2.05, 4.69) is 34.7 Å². The van der Waals surface area contributed by atoms with Crippen molar-refractivity contribution in [2.75, 3.05) is 18.0 Å². The van der Waals surface area contributed by atoms with E-state index >= 15 is 0 Å². The number of piperazine rings is 1. The summed E-state index contributed by atoms with van der Waals surface area (Å²) in [5.41, 5.74) is 3.96. The van der Waals surface area contributed by atoms with Gasteiger partial charge in [0.05, 0.1) is 17.2 Å². The molecule has 3 heterocycles. The lowest BCUT2D eigenvalue weighted by atomic mass is 9.93. The summed E-state index contributed by atoms with van der Waals surface area (Å²) >= 11 is 0. The highest BCUT2D eigenvalue weighted by Crippen LogP contribution is 2.36. The highest BCUT2D eigenvalue weighted by Gasteiger charge is 2.36. The van der Waals surface area contributed by atoms with Crippen LogP contribution in [0.3, 0.4) is 0 Å². The molecule has 8 heteroatoms. The van der Waals surface area contributed by atoms with Crippen molar-refractivity contribution in [1.29, 1.82) is 5.26 Å². The third-order valence-corrected chi connectivity index (χ3v) is 7.23. The molecule has 2 aromatic heterocycles. The zero-order valence-electron chi connectivity index (χ0n) is 20.9. The summed E-state index contributed by atoms with van der Waals surface area (Å²) in [5.74, 6) is -0.621. The van der Waals surface area contributed by atoms with Crippen LogP contribution in [-0.4, -0.2) is 39.6 Å². The molecule has 1 aliphatic rings. The maximum atomic E-state index is 13.7. The molecule has 2 aromatic carbocycles. The quantitative estimate of drug-likeness (QED) is 0.405. The molecule has 1 saturated heterocycles. The van der Waals surface area contributed by atoms with E-state index in [9.17, 15) is 18.8 Å². The van der Waals surface area contributed by atoms with Crippen molar-refractivity contribution in [2.45, 2.75) is 32.0 Å². The number of hydrogen-bond acceptors (Lipinski definition) is 5. The molecule has 2 atom stereocenters. The molecule has 0 spiro atoms. The molecule has 0 amide bonds. The van der Waals surface area contributed by atoms with E-state index in [4.69, 9.17) is 0 Å². The van der Waals surface area contributed by atoms with Crippen LogP contribution in [0, 0.1) is 23.0 Å². The Bertz CT molecular complexity index is 1500. The molecule has 0 saturated carbocycles. The molecule has 0 N–H and O–H groups in total. The van der Waals surface area contributed by atoms with E-state index in [1.165, 1.54) is 28.8 Å². The first-order valence-electron chi connectivity index (χ1n) is 12.2. The molecule has 1 aliphatic heterocycles. The molecule has 0 radical (unpaired) electrons. The third-order valence-electron chi connectivity index (χ3n) is 7.23. The summed E-state index contributed by atoms with van der Waals surface area (Å²) in [6.45, 7) is 5.43. The van der Waals surface area contributed by atoms with E-state index in [0.717, 1.165) is 11.1 Å². The number of aromatic nitrogens is 2. The normalized spacial score (nSPS) is 18.4. The number of aryl methyl sites for hydroxylation is 1. The van der Waals surface area contributed by atoms with Crippen LogP contribution in [0.15, 0.2) is 71.5 Å². The predicted molar refractivity (Wildman–Crippen MR) is 139 cm³/mol. The first kappa shape index (κ1) is 24.6. The van der Waals surface area contributed by atoms with Gasteiger partial charge >= 0.3 is 0 Å². The third kappa shape index (κ3) is 4.58. The lowest BCUT2D eigenvalue weighted by Gasteiger charge is -2.48. The van der Waals surface area contributed by atoms with Crippen LogP contribution >= 0.6 is 0 Å². The summed E-state index contributed by atoms with van der Waals surface area (Å²) in [4.78, 5) is 21.9. The number of benzene rings is 2. The van der Waals surface area contributed by atoms with E-state index < -0.39 is 0 Å². The van der Waals surface area contributed by atoms with E-state index in [1.807, 2.05) is 0 Å². The molecule has 37 heavy (non-hydrogen) atoms. The predicted octanol–water partition coefficient (Wildman–Crippen LogP) is 4.77. The van der Waals surface area contributed by atoms with Crippen molar-refractivity contribution in [1.82, 2.24) is 14.5 Å². The second-order valence-electron chi connectivity index (χ2n) is 9.66. The van der Waals surface area contributed by atoms with Gasteiger partial charge in [-0.2, -0.15) is 5.26 Å². The number of anilines is 1. The minimum atomic E-state index is -0.311. The van der Waals surface area contributed by atoms with E-state index in [0.29, 0.717) is 35.5 Å². The first-order valence-corrected chi connectivity index (χ1v) is 12.2. The highest BCUT2D eigenvalue weighted by atomic mass is 19.1. The number of halogens is 2. The first-order chi connectivity index (χ1) is 17.8. The molecule has 1 fully saturated rings. The fourth-order valence-corrected chi connectivity index (χ4v) is 5.31. The lowest BCUT2D eigenvalue weighted by Crippen LogP contribution is -2.57. The highest BCUT2D eigenvalue weighted by molar-refractivity contribution is 5.89. The second-order valence-corrected chi connectivity index (χ2v) is 9.66. The second kappa shape index (κ2) is 9.75. The van der Waals surface area contributed by atoms with Crippen LogP contribution in [0.1, 0.15) is 36.7 Å². The van der Waals surface area contributed by atoms with Crippen molar-refractivity contribution in [3.05, 3.63) is 106 Å². The van der Waals surface area contributed by atoms with Crippen molar-refractivity contribution in [2.24, 2.45) is 7.05 Å². The Kier molecular flexibility index (Phi) is 6.48. The standard InChI is InChI=1S/C29H27F2N5O/c1-18-17-36(29(20-4-8-22(30)9-5-20)21-6-10-23(31)11-7-21)19(2)16-35(18)26-14-27(37)34(3)25-13-12-24(15-32)33-28(25)26/h4-14,18-19,29H,16-17H2,1-3H3/t18-,19?/m0/s1. The number of fused-ring (bicyclic) bond motifs is 1. The number of hydrogen-bond donors (Lipinski definition) is 0. The lowest BCUT2D eigenvalue weighted by molar-refractivity contribution is 0.130. The fourth-order valence-electron chi connectivity index (χ4n) is 5.31. The van der Waals surface area contributed by atoms with Gasteiger partial charge in [0.1, 0.15) is 28.9 Å². The number of nitriles is 1. The Balaban J connectivity index is 1.55. The van der Waals surface area contributed by atoms with Crippen LogP contribution in [-0.2, 0) is 7.05 Å². The largest absolute Gasteiger partial charge is 0.364 e. The van der Waals surface area contributed by atoms with Crippen LogP contribution < -0.4 is 10.5 Å². The van der Waals surface area contributed by atoms with Gasteiger partial charge < -0.3 is 9.47 Å². The van der Waals surface area contributed by atoms with Crippen molar-refractivity contribution in [3.63, 3.8) is 0 Å². The molecule has 5 rings (SSSR count). The Hall–Kier alpha value is -4.09. The van der Waals surface area contributed by atoms with E-state index in [1.54, 1.807) is 49.5 Å². The zero-order valence-corrected chi connectivity index (χ0v) is 20.9. The maximum absolute atomic E-state index is 13.7. The molecule has 0 aliphatic carbocycles. The van der Waals surface area contributed by atoms with Gasteiger partial charge in [-0.1, -0.05) is 24.3 Å². The Morgan fingerprint density at radius 3 is 2.08 bits per heavy atom. The average Bonchev–Trinajstić information content (AvgIpc) is 2.90. The van der Waals surface area contributed by atoms with E-state index in [-0.39, 0.29) is 35.3 Å². The summed E-state index contributed by atoms with van der Waals surface area (Å²) in [6.07, 6.45) is 0. The van der Waals surface area contributed by atoms with Gasteiger partial charge in [0.25, 0.3) is 5.56 Å². The van der Waals surface area contributed by atoms with Crippen LogP contribution in [0.5, 0.6) is 0 Å². The molecular weight excluding hydrogens is 472 g/mol. The molecule has 4 aromatic rings. The van der Waals surface area contributed by atoms with Crippen LogP contribution in [0.2, 0.25) is 0 Å². The minimum Gasteiger partial charge on any atom is -0.364 e. The minimum absolute atomic E-state index is 0.0116. The van der Waals surface area contributed by atoms with Gasteiger partial charge in [0.15, 0.2) is 0 Å². The van der Waals surface area contributed by atoms with Gasteiger partial charge in [-0.3, -0.25) is 9.69 Å². The summed E-state index contributed by atoms with van der Waals surface area (Å²) in [6, 6.07) is 19.7. The number of rotatable bonds is 4. The Morgan fingerprint density at radius 2 is 1.51 bits per heavy atom. The van der Waals surface area contributed by atoms with Gasteiger partial charge in [0, 0.05) is 38.3 Å². The monoisotopic (exact) mass is 499 g/mol. The average molecular weight is 500 g/mol. The van der Waals surface area contributed by atoms with Crippen molar-refractivity contribution < 1.29 is 8.78 Å². The van der Waals surface area contributed by atoms with Gasteiger partial charge in [-0.15, -0.1) is 0 Å². The van der Waals surface area contributed by atoms with Gasteiger partial charge in [0.2, 0.25) is 0 Å². The Morgan fingerprint density at radius 1 is 0.919 bits per heavy atom. The molecule has 1 unspecified atom stereocenters. The zero-order chi connectivity index (χ0) is 26.3. The van der Waals surface area contributed by atoms with Crippen LogP contribution in [0.4, 0.5) is 14.5 Å². The molecule has 0 bridgehead atoms. The van der Waals surface area contributed by atoms with Crippen molar-refractivity contribution >= 4 is 16.7 Å². The topological polar surface area (TPSA) is 65.2 Å². The van der Waals surface area contributed by atoms with Crippen molar-refractivity contribution in [3.8, 4) is 6.07 Å². The molecular formula is C29H27F2N5O. The summed E-state index contributed by atoms with van der Waals surface area (Å²) < 4.78 is 29.0. The fraction of sp³-hybridized carbons (Fsp3) is 0.276.